The zero-order valence-corrected chi connectivity index (χ0v) is 11.3. The van der Waals surface area contributed by atoms with E-state index in [1.165, 1.54) is 0 Å². The second kappa shape index (κ2) is 9.92. The van der Waals surface area contributed by atoms with Crippen molar-refractivity contribution in [3.63, 3.8) is 0 Å². The molecule has 2 N–H and O–H groups in total. The molecule has 0 amide bonds. The van der Waals surface area contributed by atoms with Gasteiger partial charge in [-0.05, 0) is 12.8 Å². The molecule has 17 heavy (non-hydrogen) atoms. The van der Waals surface area contributed by atoms with Crippen molar-refractivity contribution >= 4 is 23.2 Å². The van der Waals surface area contributed by atoms with E-state index in [9.17, 15) is 10.2 Å². The summed E-state index contributed by atoms with van der Waals surface area (Å²) in [4.78, 5) is 0. The maximum atomic E-state index is 9.57. The van der Waals surface area contributed by atoms with Crippen LogP contribution in [0.3, 0.4) is 0 Å². The summed E-state index contributed by atoms with van der Waals surface area (Å²) < 4.78 is 5.15. The Balaban J connectivity index is 3.74. The minimum Gasteiger partial charge on any atom is -0.389 e. The van der Waals surface area contributed by atoms with Gasteiger partial charge in [0.2, 0.25) is 0 Å². The van der Waals surface area contributed by atoms with Crippen LogP contribution in [0.4, 0.5) is 0 Å². The van der Waals surface area contributed by atoms with Crippen molar-refractivity contribution in [2.45, 2.75) is 35.8 Å². The lowest BCUT2D eigenvalue weighted by molar-refractivity contribution is -0.00882. The first-order chi connectivity index (χ1) is 8.02. The molecular weight excluding hydrogens is 263 g/mol. The molecule has 4 unspecified atom stereocenters. The SMILES string of the molecule is C=CCC(Cl)C(O)COCC(O)C(Cl)CC=C. The van der Waals surface area contributed by atoms with Gasteiger partial charge >= 0.3 is 0 Å². The van der Waals surface area contributed by atoms with Gasteiger partial charge in [-0.3, -0.25) is 0 Å². The highest BCUT2D eigenvalue weighted by Crippen LogP contribution is 2.11. The standard InChI is InChI=1S/C12H20Cl2O3/c1-3-5-9(13)11(15)7-17-8-12(16)10(14)6-4-2/h3-4,9-12,15-16H,1-2,5-8H2. The minimum atomic E-state index is -0.782. The molecule has 0 aliphatic rings. The minimum absolute atomic E-state index is 0.0662. The Kier molecular flexibility index (Phi) is 9.88. The largest absolute Gasteiger partial charge is 0.389 e. The monoisotopic (exact) mass is 282 g/mol. The quantitative estimate of drug-likeness (QED) is 0.477. The number of allylic oxidation sites excluding steroid dienone is 2. The van der Waals surface area contributed by atoms with Crippen LogP contribution in [-0.2, 0) is 4.74 Å². The van der Waals surface area contributed by atoms with Crippen LogP contribution in [0.1, 0.15) is 12.8 Å². The molecule has 0 radical (unpaired) electrons. The molecule has 0 aromatic heterocycles. The summed E-state index contributed by atoms with van der Waals surface area (Å²) in [5, 5.41) is 18.3. The third kappa shape index (κ3) is 7.79. The fraction of sp³-hybridized carbons (Fsp3) is 0.667. The van der Waals surface area contributed by atoms with Crippen LogP contribution in [0, 0.1) is 0 Å². The van der Waals surface area contributed by atoms with E-state index in [-0.39, 0.29) is 13.2 Å². The van der Waals surface area contributed by atoms with E-state index in [0.29, 0.717) is 12.8 Å². The first-order valence-electron chi connectivity index (χ1n) is 5.46. The molecule has 0 aromatic carbocycles. The van der Waals surface area contributed by atoms with Crippen LogP contribution < -0.4 is 0 Å². The van der Waals surface area contributed by atoms with Crippen molar-refractivity contribution in [2.75, 3.05) is 13.2 Å². The molecule has 0 aliphatic heterocycles. The Labute approximate surface area is 113 Å². The lowest BCUT2D eigenvalue weighted by atomic mass is 10.2. The number of halogens is 2. The molecule has 0 fully saturated rings. The topological polar surface area (TPSA) is 49.7 Å². The Hall–Kier alpha value is -0.0600. The summed E-state index contributed by atoms with van der Waals surface area (Å²) in [6.07, 6.45) is 2.71. The first-order valence-corrected chi connectivity index (χ1v) is 6.34. The Bertz CT molecular complexity index is 202. The second-order valence-electron chi connectivity index (χ2n) is 3.75. The third-order valence-electron chi connectivity index (χ3n) is 2.20. The number of hydrogen-bond acceptors (Lipinski definition) is 3. The van der Waals surface area contributed by atoms with Gasteiger partial charge in [0.05, 0.1) is 36.2 Å². The molecule has 100 valence electrons. The van der Waals surface area contributed by atoms with Crippen molar-refractivity contribution < 1.29 is 14.9 Å². The van der Waals surface area contributed by atoms with E-state index in [4.69, 9.17) is 27.9 Å². The zero-order valence-electron chi connectivity index (χ0n) is 9.77. The Morgan fingerprint density at radius 2 is 1.29 bits per heavy atom. The molecule has 4 atom stereocenters. The van der Waals surface area contributed by atoms with Gasteiger partial charge in [0.25, 0.3) is 0 Å². The Morgan fingerprint density at radius 3 is 1.59 bits per heavy atom. The van der Waals surface area contributed by atoms with Crippen molar-refractivity contribution in [1.82, 2.24) is 0 Å². The van der Waals surface area contributed by atoms with Crippen molar-refractivity contribution in [3.05, 3.63) is 25.3 Å². The summed E-state index contributed by atoms with van der Waals surface area (Å²) in [6, 6.07) is 0. The lowest BCUT2D eigenvalue weighted by Gasteiger charge is -2.19. The fourth-order valence-corrected chi connectivity index (χ4v) is 1.55. The van der Waals surface area contributed by atoms with E-state index in [1.807, 2.05) is 0 Å². The van der Waals surface area contributed by atoms with Crippen LogP contribution in [0.25, 0.3) is 0 Å². The first kappa shape index (κ1) is 16.9. The smallest absolute Gasteiger partial charge is 0.0939 e. The average Bonchev–Trinajstić information content (AvgIpc) is 2.29. The van der Waals surface area contributed by atoms with Crippen molar-refractivity contribution in [3.8, 4) is 0 Å². The summed E-state index contributed by atoms with van der Waals surface area (Å²) in [5.41, 5.74) is 0. The normalized spacial score (nSPS) is 18.1. The molecule has 0 rings (SSSR count). The second-order valence-corrected chi connectivity index (χ2v) is 4.87. The zero-order chi connectivity index (χ0) is 13.3. The van der Waals surface area contributed by atoms with E-state index in [2.05, 4.69) is 13.2 Å². The molecule has 0 heterocycles. The maximum absolute atomic E-state index is 9.57. The van der Waals surface area contributed by atoms with Crippen molar-refractivity contribution in [1.29, 1.82) is 0 Å². The number of hydrogen-bond donors (Lipinski definition) is 2. The molecular formula is C12H20Cl2O3. The van der Waals surface area contributed by atoms with E-state index in [1.54, 1.807) is 12.2 Å². The van der Waals surface area contributed by atoms with Gasteiger partial charge in [-0.1, -0.05) is 12.2 Å². The van der Waals surface area contributed by atoms with E-state index in [0.717, 1.165) is 0 Å². The lowest BCUT2D eigenvalue weighted by Crippen LogP contribution is -2.31. The van der Waals surface area contributed by atoms with Gasteiger partial charge < -0.3 is 14.9 Å². The molecule has 0 bridgehead atoms. The molecule has 0 aliphatic carbocycles. The Morgan fingerprint density at radius 1 is 0.941 bits per heavy atom. The van der Waals surface area contributed by atoms with Gasteiger partial charge in [-0.2, -0.15) is 0 Å². The molecule has 0 saturated heterocycles. The number of alkyl halides is 2. The molecule has 0 aromatic rings. The van der Waals surface area contributed by atoms with Crippen LogP contribution >= 0.6 is 23.2 Å². The third-order valence-corrected chi connectivity index (χ3v) is 3.13. The molecule has 0 saturated carbocycles. The molecule has 5 heteroatoms. The predicted molar refractivity (Wildman–Crippen MR) is 71.7 cm³/mol. The summed E-state index contributed by atoms with van der Waals surface area (Å²) in [6.45, 7) is 7.20. The van der Waals surface area contributed by atoms with Gasteiger partial charge in [-0.25, -0.2) is 0 Å². The van der Waals surface area contributed by atoms with Crippen LogP contribution in [0.15, 0.2) is 25.3 Å². The molecule has 0 spiro atoms. The van der Waals surface area contributed by atoms with E-state index >= 15 is 0 Å². The van der Waals surface area contributed by atoms with Gasteiger partial charge in [0.1, 0.15) is 0 Å². The predicted octanol–water partition coefficient (Wildman–Crippen LogP) is 2.09. The highest BCUT2D eigenvalue weighted by molar-refractivity contribution is 6.21. The summed E-state index contributed by atoms with van der Waals surface area (Å²) in [7, 11) is 0. The van der Waals surface area contributed by atoms with Gasteiger partial charge in [0, 0.05) is 0 Å². The van der Waals surface area contributed by atoms with E-state index < -0.39 is 23.0 Å². The van der Waals surface area contributed by atoms with Gasteiger partial charge in [0.15, 0.2) is 0 Å². The number of aliphatic hydroxyl groups is 2. The number of rotatable bonds is 10. The van der Waals surface area contributed by atoms with Crippen LogP contribution in [0.2, 0.25) is 0 Å². The highest BCUT2D eigenvalue weighted by atomic mass is 35.5. The number of aliphatic hydroxyl groups excluding tert-OH is 2. The van der Waals surface area contributed by atoms with Crippen molar-refractivity contribution in [2.24, 2.45) is 0 Å². The summed E-state index contributed by atoms with van der Waals surface area (Å²) >= 11 is 11.7. The average molecular weight is 283 g/mol. The molecule has 3 nitrogen and oxygen atoms in total. The maximum Gasteiger partial charge on any atom is 0.0939 e. The van der Waals surface area contributed by atoms with Crippen LogP contribution in [0.5, 0.6) is 0 Å². The van der Waals surface area contributed by atoms with Gasteiger partial charge in [-0.15, -0.1) is 36.4 Å². The van der Waals surface area contributed by atoms with Crippen LogP contribution in [-0.4, -0.2) is 46.4 Å². The fourth-order valence-electron chi connectivity index (χ4n) is 1.15. The highest BCUT2D eigenvalue weighted by Gasteiger charge is 2.18. The summed E-state index contributed by atoms with van der Waals surface area (Å²) in [5.74, 6) is 0. The number of ether oxygens (including phenoxy) is 1.